The van der Waals surface area contributed by atoms with Gasteiger partial charge in [-0.2, -0.15) is 18.3 Å². The summed E-state index contributed by atoms with van der Waals surface area (Å²) in [6, 6.07) is 15.5. The molecule has 0 aliphatic carbocycles. The molecule has 0 unspecified atom stereocenters. The molecule has 0 spiro atoms. The van der Waals surface area contributed by atoms with Gasteiger partial charge in [-0.15, -0.1) is 0 Å². The van der Waals surface area contributed by atoms with Crippen molar-refractivity contribution in [2.45, 2.75) is 18.0 Å². The van der Waals surface area contributed by atoms with Gasteiger partial charge < -0.3 is 0 Å². The second-order valence-electron chi connectivity index (χ2n) is 6.89. The molecule has 160 valence electrons. The topological polar surface area (TPSA) is 63.5 Å². The minimum Gasteiger partial charge on any atom is -0.263 e. The molecule has 0 radical (unpaired) electrons. The number of alkyl halides is 3. The molecule has 4 aromatic rings. The normalized spacial score (nSPS) is 12.3. The fourth-order valence-electron chi connectivity index (χ4n) is 3.09. The quantitative estimate of drug-likeness (QED) is 0.415. The van der Waals surface area contributed by atoms with Crippen molar-refractivity contribution in [1.82, 2.24) is 9.61 Å². The lowest BCUT2D eigenvalue weighted by Gasteiger charge is -2.11. The number of anilines is 1. The van der Waals surface area contributed by atoms with E-state index in [-0.39, 0.29) is 10.7 Å². The number of benzene rings is 2. The number of rotatable bonds is 4. The van der Waals surface area contributed by atoms with E-state index >= 15 is 0 Å². The van der Waals surface area contributed by atoms with Gasteiger partial charge in [-0.1, -0.05) is 35.4 Å². The van der Waals surface area contributed by atoms with Crippen molar-refractivity contribution in [2.75, 3.05) is 4.72 Å². The largest absolute Gasteiger partial charge is 0.416 e. The van der Waals surface area contributed by atoms with Gasteiger partial charge in [0.1, 0.15) is 5.82 Å². The number of aryl methyl sites for hydroxylation is 1. The molecule has 10 heteroatoms. The van der Waals surface area contributed by atoms with E-state index in [9.17, 15) is 21.6 Å². The first kappa shape index (κ1) is 21.2. The summed E-state index contributed by atoms with van der Waals surface area (Å²) in [4.78, 5) is -0.310. The third kappa shape index (κ3) is 4.24. The highest BCUT2D eigenvalue weighted by atomic mass is 35.5. The highest BCUT2D eigenvalue weighted by Gasteiger charge is 2.30. The summed E-state index contributed by atoms with van der Waals surface area (Å²) >= 11 is 6.26. The fraction of sp³-hybridized carbons (Fsp3) is 0.0952. The Morgan fingerprint density at radius 2 is 1.71 bits per heavy atom. The smallest absolute Gasteiger partial charge is 0.263 e. The number of halogens is 4. The van der Waals surface area contributed by atoms with Gasteiger partial charge in [0.15, 0.2) is 0 Å². The Kier molecular flexibility index (Phi) is 5.18. The first-order chi connectivity index (χ1) is 14.5. The molecular formula is C21H15ClF3N3O2S. The van der Waals surface area contributed by atoms with Crippen LogP contribution in [0.1, 0.15) is 11.1 Å². The van der Waals surface area contributed by atoms with Crippen molar-refractivity contribution in [1.29, 1.82) is 0 Å². The number of fused-ring (bicyclic) bond motifs is 1. The van der Waals surface area contributed by atoms with E-state index in [2.05, 4.69) is 9.82 Å². The Morgan fingerprint density at radius 3 is 2.35 bits per heavy atom. The molecule has 5 nitrogen and oxygen atoms in total. The molecule has 0 atom stereocenters. The first-order valence-corrected chi connectivity index (χ1v) is 10.9. The summed E-state index contributed by atoms with van der Waals surface area (Å²) in [6.07, 6.45) is -4.56. The van der Waals surface area contributed by atoms with Crippen molar-refractivity contribution in [3.8, 4) is 11.3 Å². The van der Waals surface area contributed by atoms with Crippen LogP contribution in [0.3, 0.4) is 0 Å². The second-order valence-corrected chi connectivity index (χ2v) is 8.98. The third-order valence-corrected chi connectivity index (χ3v) is 6.30. The van der Waals surface area contributed by atoms with Crippen LogP contribution in [0.2, 0.25) is 5.02 Å². The van der Waals surface area contributed by atoms with Gasteiger partial charge in [0, 0.05) is 5.56 Å². The number of sulfonamides is 1. The van der Waals surface area contributed by atoms with Crippen LogP contribution in [0, 0.1) is 6.92 Å². The first-order valence-electron chi connectivity index (χ1n) is 9.00. The fourth-order valence-corrected chi connectivity index (χ4v) is 4.32. The predicted octanol–water partition coefficient (Wildman–Crippen LogP) is 5.78. The molecule has 0 fully saturated rings. The lowest BCUT2D eigenvalue weighted by atomic mass is 10.1. The maximum Gasteiger partial charge on any atom is 0.416 e. The van der Waals surface area contributed by atoms with E-state index in [0.717, 1.165) is 35.4 Å². The van der Waals surface area contributed by atoms with Crippen molar-refractivity contribution in [2.24, 2.45) is 0 Å². The van der Waals surface area contributed by atoms with Gasteiger partial charge in [0.05, 0.1) is 26.7 Å². The molecule has 4 rings (SSSR count). The number of pyridine rings is 1. The highest BCUT2D eigenvalue weighted by Crippen LogP contribution is 2.31. The maximum atomic E-state index is 12.8. The Balaban J connectivity index is 1.73. The van der Waals surface area contributed by atoms with Crippen LogP contribution in [0.25, 0.3) is 16.8 Å². The van der Waals surface area contributed by atoms with Crippen LogP contribution in [0.5, 0.6) is 0 Å². The number of aromatic nitrogens is 2. The highest BCUT2D eigenvalue weighted by molar-refractivity contribution is 7.92. The predicted molar refractivity (Wildman–Crippen MR) is 113 cm³/mol. The summed E-state index contributed by atoms with van der Waals surface area (Å²) in [5.41, 5.74) is 1.99. The number of hydrogen-bond donors (Lipinski definition) is 1. The zero-order chi connectivity index (χ0) is 22.4. The Bertz CT molecular complexity index is 1380. The standard InChI is InChI=1S/C21H15ClF3N3O2S/c1-13-3-2-4-14(11-13)18-12-19-17(22)9-10-20(28(19)26-18)27-31(29,30)16-7-5-15(6-8-16)21(23,24)25/h2-12,27H,1H3. The zero-order valence-corrected chi connectivity index (χ0v) is 17.6. The molecule has 1 N–H and O–H groups in total. The van der Waals surface area contributed by atoms with E-state index in [0.29, 0.717) is 16.2 Å². The third-order valence-electron chi connectivity index (χ3n) is 4.61. The maximum absolute atomic E-state index is 12.8. The second kappa shape index (κ2) is 7.58. The summed E-state index contributed by atoms with van der Waals surface area (Å²) < 4.78 is 67.5. The van der Waals surface area contributed by atoms with Crippen LogP contribution >= 0.6 is 11.6 Å². The van der Waals surface area contributed by atoms with Gasteiger partial charge in [-0.25, -0.2) is 12.9 Å². The van der Waals surface area contributed by atoms with E-state index in [1.54, 1.807) is 6.07 Å². The summed E-state index contributed by atoms with van der Waals surface area (Å²) in [6.45, 7) is 1.94. The van der Waals surface area contributed by atoms with E-state index < -0.39 is 21.8 Å². The van der Waals surface area contributed by atoms with Crippen LogP contribution in [-0.2, 0) is 16.2 Å². The molecule has 0 bridgehead atoms. The molecular weight excluding hydrogens is 451 g/mol. The van der Waals surface area contributed by atoms with Crippen molar-refractivity contribution in [3.63, 3.8) is 0 Å². The molecule has 0 amide bonds. The number of hydrogen-bond acceptors (Lipinski definition) is 3. The zero-order valence-electron chi connectivity index (χ0n) is 16.0. The van der Waals surface area contributed by atoms with E-state index in [1.165, 1.54) is 16.6 Å². The van der Waals surface area contributed by atoms with Crippen LogP contribution < -0.4 is 4.72 Å². The Hall–Kier alpha value is -3.04. The van der Waals surface area contributed by atoms with Gasteiger partial charge in [0.2, 0.25) is 0 Å². The van der Waals surface area contributed by atoms with Crippen molar-refractivity contribution in [3.05, 3.63) is 82.9 Å². The average Bonchev–Trinajstić information content (AvgIpc) is 3.16. The van der Waals surface area contributed by atoms with E-state index in [1.807, 2.05) is 31.2 Å². The van der Waals surface area contributed by atoms with Crippen LogP contribution in [0.15, 0.2) is 71.6 Å². The molecule has 31 heavy (non-hydrogen) atoms. The van der Waals surface area contributed by atoms with Crippen LogP contribution in [0.4, 0.5) is 19.0 Å². The number of nitrogens with one attached hydrogen (secondary N) is 1. The van der Waals surface area contributed by atoms with Crippen LogP contribution in [-0.4, -0.2) is 18.0 Å². The van der Waals surface area contributed by atoms with Gasteiger partial charge >= 0.3 is 6.18 Å². The molecule has 2 heterocycles. The minimum atomic E-state index is -4.56. The molecule has 0 aliphatic rings. The number of nitrogens with zero attached hydrogens (tertiary/aromatic N) is 2. The Labute approximate surface area is 181 Å². The molecule has 2 aromatic heterocycles. The summed E-state index contributed by atoms with van der Waals surface area (Å²) in [5, 5.41) is 4.83. The molecule has 0 aliphatic heterocycles. The lowest BCUT2D eigenvalue weighted by Crippen LogP contribution is -2.16. The molecule has 2 aromatic carbocycles. The summed E-state index contributed by atoms with van der Waals surface area (Å²) in [5.74, 6) is 0.0956. The van der Waals surface area contributed by atoms with Gasteiger partial charge in [-0.3, -0.25) is 4.72 Å². The average molecular weight is 466 g/mol. The van der Waals surface area contributed by atoms with Crippen molar-refractivity contribution >= 4 is 33.0 Å². The lowest BCUT2D eigenvalue weighted by molar-refractivity contribution is -0.137. The van der Waals surface area contributed by atoms with Gasteiger partial charge in [-0.05, 0) is 55.5 Å². The Morgan fingerprint density at radius 1 is 1.00 bits per heavy atom. The SMILES string of the molecule is Cc1cccc(-c2cc3c(Cl)ccc(NS(=O)(=O)c4ccc(C(F)(F)F)cc4)n3n2)c1. The molecule has 0 saturated carbocycles. The summed E-state index contributed by atoms with van der Waals surface area (Å²) in [7, 11) is -4.16. The minimum absolute atomic E-state index is 0.0956. The van der Waals surface area contributed by atoms with E-state index in [4.69, 9.17) is 11.6 Å². The monoisotopic (exact) mass is 465 g/mol. The van der Waals surface area contributed by atoms with Crippen molar-refractivity contribution < 1.29 is 21.6 Å². The molecule has 0 saturated heterocycles. The van der Waals surface area contributed by atoms with Gasteiger partial charge in [0.25, 0.3) is 10.0 Å².